The van der Waals surface area contributed by atoms with Gasteiger partial charge in [-0.25, -0.2) is 9.37 Å². The molecule has 0 bridgehead atoms. The van der Waals surface area contributed by atoms with Gasteiger partial charge in [0.15, 0.2) is 0 Å². The molecule has 19 heavy (non-hydrogen) atoms. The van der Waals surface area contributed by atoms with Crippen molar-refractivity contribution in [3.8, 4) is 0 Å². The molecule has 2 aromatic rings. The Bertz CT molecular complexity index is 658. The lowest BCUT2D eigenvalue weighted by atomic mass is 10.00. The number of hydrogen-bond acceptors (Lipinski definition) is 3. The van der Waals surface area contributed by atoms with Gasteiger partial charge in [-0.15, -0.1) is 0 Å². The van der Waals surface area contributed by atoms with Crippen molar-refractivity contribution in [3.63, 3.8) is 0 Å². The van der Waals surface area contributed by atoms with Crippen LogP contribution in [0.25, 0.3) is 11.0 Å². The van der Waals surface area contributed by atoms with Crippen molar-refractivity contribution in [1.82, 2.24) is 15.3 Å². The molecule has 4 N–H and O–H groups in total. The minimum absolute atomic E-state index is 0.110. The van der Waals surface area contributed by atoms with Gasteiger partial charge >= 0.3 is 0 Å². The van der Waals surface area contributed by atoms with Gasteiger partial charge < -0.3 is 16.0 Å². The number of halogens is 1. The molecule has 1 aliphatic heterocycles. The Morgan fingerprint density at radius 2 is 2.32 bits per heavy atom. The van der Waals surface area contributed by atoms with Gasteiger partial charge in [0.05, 0.1) is 16.6 Å². The summed E-state index contributed by atoms with van der Waals surface area (Å²) in [6.45, 7) is 2.96. The van der Waals surface area contributed by atoms with Crippen LogP contribution in [0.3, 0.4) is 0 Å². The molecule has 0 radical (unpaired) electrons. The predicted molar refractivity (Wildman–Crippen MR) is 69.2 cm³/mol. The number of nitrogens with two attached hydrogens (primary N) is 1. The highest BCUT2D eigenvalue weighted by Crippen LogP contribution is 2.30. The van der Waals surface area contributed by atoms with Gasteiger partial charge in [0.25, 0.3) is 5.91 Å². The van der Waals surface area contributed by atoms with E-state index in [1.165, 1.54) is 6.07 Å². The van der Waals surface area contributed by atoms with Gasteiger partial charge in [0.1, 0.15) is 17.2 Å². The largest absolute Gasteiger partial charge is 0.366 e. The summed E-state index contributed by atoms with van der Waals surface area (Å²) in [7, 11) is 0. The molecule has 0 spiro atoms. The fourth-order valence-electron chi connectivity index (χ4n) is 2.63. The second kappa shape index (κ2) is 4.03. The Kier molecular flexibility index (Phi) is 2.56. The highest BCUT2D eigenvalue weighted by Gasteiger charge is 2.33. The molecule has 0 saturated carbocycles. The van der Waals surface area contributed by atoms with E-state index in [9.17, 15) is 9.18 Å². The van der Waals surface area contributed by atoms with Crippen LogP contribution in [-0.2, 0) is 5.54 Å². The molecular formula is C13H15FN4O. The third-order valence-electron chi connectivity index (χ3n) is 3.71. The Hall–Kier alpha value is -1.95. The van der Waals surface area contributed by atoms with Crippen LogP contribution in [0.5, 0.6) is 0 Å². The summed E-state index contributed by atoms with van der Waals surface area (Å²) < 4.78 is 13.5. The van der Waals surface area contributed by atoms with E-state index < -0.39 is 11.7 Å². The zero-order valence-corrected chi connectivity index (χ0v) is 10.6. The van der Waals surface area contributed by atoms with E-state index in [0.717, 1.165) is 25.5 Å². The number of amides is 1. The molecule has 1 aromatic heterocycles. The van der Waals surface area contributed by atoms with E-state index in [4.69, 9.17) is 5.73 Å². The normalized spacial score (nSPS) is 23.1. The van der Waals surface area contributed by atoms with Crippen molar-refractivity contribution in [3.05, 3.63) is 29.3 Å². The SMILES string of the molecule is C[C@@]1(c2nc3c(C(N)=O)cc(F)cc3[nH]2)CCCN1. The summed E-state index contributed by atoms with van der Waals surface area (Å²) in [4.78, 5) is 18.9. The molecule has 1 aliphatic rings. The highest BCUT2D eigenvalue weighted by molar-refractivity contribution is 6.04. The van der Waals surface area contributed by atoms with Gasteiger partial charge in [0.2, 0.25) is 0 Å². The first-order valence-electron chi connectivity index (χ1n) is 6.24. The molecule has 3 rings (SSSR count). The Morgan fingerprint density at radius 3 is 2.95 bits per heavy atom. The average molecular weight is 262 g/mol. The number of aromatic amines is 1. The van der Waals surface area contributed by atoms with E-state index in [1.807, 2.05) is 6.92 Å². The third kappa shape index (κ3) is 1.88. The lowest BCUT2D eigenvalue weighted by Crippen LogP contribution is -2.34. The maximum Gasteiger partial charge on any atom is 0.251 e. The van der Waals surface area contributed by atoms with Crippen LogP contribution in [-0.4, -0.2) is 22.4 Å². The predicted octanol–water partition coefficient (Wildman–Crippen LogP) is 1.40. The monoisotopic (exact) mass is 262 g/mol. The lowest BCUT2D eigenvalue weighted by Gasteiger charge is -2.21. The van der Waals surface area contributed by atoms with Crippen molar-refractivity contribution in [2.45, 2.75) is 25.3 Å². The van der Waals surface area contributed by atoms with E-state index in [0.29, 0.717) is 16.9 Å². The van der Waals surface area contributed by atoms with E-state index in [2.05, 4.69) is 15.3 Å². The van der Waals surface area contributed by atoms with Crippen LogP contribution in [0.1, 0.15) is 35.9 Å². The van der Waals surface area contributed by atoms with Crippen LogP contribution in [0.2, 0.25) is 0 Å². The van der Waals surface area contributed by atoms with Gasteiger partial charge in [0, 0.05) is 0 Å². The highest BCUT2D eigenvalue weighted by atomic mass is 19.1. The Morgan fingerprint density at radius 1 is 1.53 bits per heavy atom. The molecule has 1 amide bonds. The van der Waals surface area contributed by atoms with Crippen LogP contribution >= 0.6 is 0 Å². The fraction of sp³-hybridized carbons (Fsp3) is 0.385. The number of H-pyrrole nitrogens is 1. The molecule has 2 heterocycles. The zero-order chi connectivity index (χ0) is 13.6. The van der Waals surface area contributed by atoms with Crippen molar-refractivity contribution in [2.24, 2.45) is 5.73 Å². The molecule has 1 atom stereocenters. The smallest absolute Gasteiger partial charge is 0.251 e. The van der Waals surface area contributed by atoms with Crippen LogP contribution < -0.4 is 11.1 Å². The van der Waals surface area contributed by atoms with Crippen molar-refractivity contribution < 1.29 is 9.18 Å². The molecule has 1 aromatic carbocycles. The summed E-state index contributed by atoms with van der Waals surface area (Å²) in [6, 6.07) is 2.45. The third-order valence-corrected chi connectivity index (χ3v) is 3.71. The van der Waals surface area contributed by atoms with Crippen LogP contribution in [0, 0.1) is 5.82 Å². The molecule has 100 valence electrons. The molecule has 0 aliphatic carbocycles. The Balaban J connectivity index is 2.20. The lowest BCUT2D eigenvalue weighted by molar-refractivity contribution is 0.100. The minimum atomic E-state index is -0.674. The quantitative estimate of drug-likeness (QED) is 0.765. The first-order chi connectivity index (χ1) is 8.99. The average Bonchev–Trinajstić information content (AvgIpc) is 2.94. The zero-order valence-electron chi connectivity index (χ0n) is 10.6. The number of aromatic nitrogens is 2. The second-order valence-corrected chi connectivity index (χ2v) is 5.16. The van der Waals surface area contributed by atoms with Crippen LogP contribution in [0.4, 0.5) is 4.39 Å². The fourth-order valence-corrected chi connectivity index (χ4v) is 2.63. The first kappa shape index (κ1) is 12.1. The number of carbonyl (C=O) groups is 1. The maximum atomic E-state index is 13.5. The number of fused-ring (bicyclic) bond motifs is 1. The van der Waals surface area contributed by atoms with Gasteiger partial charge in [-0.2, -0.15) is 0 Å². The second-order valence-electron chi connectivity index (χ2n) is 5.16. The van der Waals surface area contributed by atoms with E-state index in [1.54, 1.807) is 0 Å². The number of primary amides is 1. The number of hydrogen-bond donors (Lipinski definition) is 3. The molecule has 5 nitrogen and oxygen atoms in total. The standard InChI is InChI=1S/C13H15FN4O/c1-13(3-2-4-16-13)12-17-9-6-7(14)5-8(11(15)19)10(9)18-12/h5-6,16H,2-4H2,1H3,(H2,15,19)(H,17,18)/t13-/m0/s1. The first-order valence-corrected chi connectivity index (χ1v) is 6.24. The van der Waals surface area contributed by atoms with Crippen molar-refractivity contribution in [2.75, 3.05) is 6.54 Å². The summed E-state index contributed by atoms with van der Waals surface area (Å²) in [6.07, 6.45) is 2.01. The maximum absolute atomic E-state index is 13.5. The number of nitrogens with one attached hydrogen (secondary N) is 2. The molecular weight excluding hydrogens is 247 g/mol. The van der Waals surface area contributed by atoms with Gasteiger partial charge in [-0.3, -0.25) is 4.79 Å². The van der Waals surface area contributed by atoms with Crippen molar-refractivity contribution in [1.29, 1.82) is 0 Å². The van der Waals surface area contributed by atoms with E-state index in [-0.39, 0.29) is 11.1 Å². The molecule has 1 saturated heterocycles. The summed E-state index contributed by atoms with van der Waals surface area (Å²) >= 11 is 0. The molecule has 6 heteroatoms. The number of benzene rings is 1. The number of imidazole rings is 1. The van der Waals surface area contributed by atoms with Gasteiger partial charge in [-0.1, -0.05) is 0 Å². The summed E-state index contributed by atoms with van der Waals surface area (Å²) in [5.41, 5.74) is 6.05. The molecule has 0 unspecified atom stereocenters. The molecule has 1 fully saturated rings. The van der Waals surface area contributed by atoms with Gasteiger partial charge in [-0.05, 0) is 38.4 Å². The minimum Gasteiger partial charge on any atom is -0.366 e. The number of rotatable bonds is 2. The summed E-state index contributed by atoms with van der Waals surface area (Å²) in [5.74, 6) is -0.457. The van der Waals surface area contributed by atoms with Crippen molar-refractivity contribution >= 4 is 16.9 Å². The summed E-state index contributed by atoms with van der Waals surface area (Å²) in [5, 5.41) is 3.37. The number of carbonyl (C=O) groups excluding carboxylic acids is 1. The van der Waals surface area contributed by atoms with E-state index >= 15 is 0 Å². The Labute approximate surface area is 109 Å². The topological polar surface area (TPSA) is 83.8 Å². The van der Waals surface area contributed by atoms with Crippen LogP contribution in [0.15, 0.2) is 12.1 Å². The number of nitrogens with zero attached hydrogens (tertiary/aromatic N) is 1.